The second kappa shape index (κ2) is 9.33. The molecule has 1 aromatic rings. The maximum Gasteiger partial charge on any atom is 0.131 e. The highest BCUT2D eigenvalue weighted by atomic mass is 19.1. The molecule has 1 aromatic carbocycles. The molecule has 0 saturated heterocycles. The predicted molar refractivity (Wildman–Crippen MR) is 117 cm³/mol. The first-order chi connectivity index (χ1) is 13.9. The Labute approximate surface area is 178 Å². The van der Waals surface area contributed by atoms with E-state index in [1.54, 1.807) is 13.8 Å². The number of allylic oxidation sites excluding steroid dienone is 6. The lowest BCUT2D eigenvalue weighted by Crippen LogP contribution is -2.29. The molecule has 0 aliphatic carbocycles. The summed E-state index contributed by atoms with van der Waals surface area (Å²) in [6, 6.07) is 3.74. The Bertz CT molecular complexity index is 946. The zero-order valence-electron chi connectivity index (χ0n) is 18.8. The van der Waals surface area contributed by atoms with Crippen molar-refractivity contribution in [1.82, 2.24) is 0 Å². The van der Waals surface area contributed by atoms with Crippen LogP contribution in [0, 0.1) is 5.92 Å². The minimum absolute atomic E-state index is 0.268. The first kappa shape index (κ1) is 23.5. The molecule has 0 saturated carbocycles. The molecular weight excluding hydrogens is 383 g/mol. The van der Waals surface area contributed by atoms with Crippen LogP contribution in [0.3, 0.4) is 0 Å². The van der Waals surface area contributed by atoms with Crippen molar-refractivity contribution in [2.24, 2.45) is 5.92 Å². The second-order valence-corrected chi connectivity index (χ2v) is 8.25. The van der Waals surface area contributed by atoms with Gasteiger partial charge in [0, 0.05) is 17.2 Å². The van der Waals surface area contributed by atoms with Crippen LogP contribution in [0.2, 0.25) is 0 Å². The molecule has 1 aliphatic rings. The zero-order valence-corrected chi connectivity index (χ0v) is 18.8. The van der Waals surface area contributed by atoms with E-state index in [2.05, 4.69) is 19.9 Å². The summed E-state index contributed by atoms with van der Waals surface area (Å²) in [5, 5.41) is 10.6. The molecule has 162 valence electrons. The number of hydrogen-bond donors (Lipinski definition) is 0. The van der Waals surface area contributed by atoms with Gasteiger partial charge < -0.3 is 19.4 Å². The fourth-order valence-electron chi connectivity index (χ4n) is 3.37. The summed E-state index contributed by atoms with van der Waals surface area (Å²) < 4.78 is 26.9. The van der Waals surface area contributed by atoms with Crippen LogP contribution in [0.1, 0.15) is 59.6 Å². The van der Waals surface area contributed by atoms with Crippen molar-refractivity contribution in [2.45, 2.75) is 54.1 Å². The summed E-state index contributed by atoms with van der Waals surface area (Å²) in [6.45, 7) is 13.8. The molecule has 4 nitrogen and oxygen atoms in total. The fraction of sp³-hybridized carbons (Fsp3) is 0.400. The Hall–Kier alpha value is -2.82. The monoisotopic (exact) mass is 413 g/mol. The molecule has 30 heavy (non-hydrogen) atoms. The number of benzene rings is 1. The van der Waals surface area contributed by atoms with Crippen molar-refractivity contribution >= 4 is 17.1 Å². The molecule has 0 spiro atoms. The van der Waals surface area contributed by atoms with Crippen LogP contribution < -0.4 is 14.6 Å². The third-order valence-corrected chi connectivity index (χ3v) is 4.79. The molecule has 0 radical (unpaired) electrons. The molecule has 2 rings (SSSR count). The maximum absolute atomic E-state index is 14.9. The Morgan fingerprint density at radius 2 is 1.93 bits per heavy atom. The van der Waals surface area contributed by atoms with Gasteiger partial charge in [0.1, 0.15) is 22.9 Å². The number of hydrogen-bond acceptors (Lipinski definition) is 4. The Morgan fingerprint density at radius 3 is 2.50 bits per heavy atom. The third kappa shape index (κ3) is 5.62. The molecule has 0 fully saturated rings. The number of fused-ring (bicyclic) bond motifs is 1. The Kier molecular flexibility index (Phi) is 7.30. The lowest BCUT2D eigenvalue weighted by molar-refractivity contribution is -0.297. The van der Waals surface area contributed by atoms with Crippen molar-refractivity contribution in [3.05, 3.63) is 59.0 Å². The van der Waals surface area contributed by atoms with Crippen molar-refractivity contribution < 1.29 is 23.8 Å². The number of aliphatic carboxylic acids is 1. The number of carboxylic acids is 1. The summed E-state index contributed by atoms with van der Waals surface area (Å²) in [7, 11) is 0. The molecule has 0 atom stereocenters. The highest BCUT2D eigenvalue weighted by molar-refractivity contribution is 5.82. The van der Waals surface area contributed by atoms with Crippen molar-refractivity contribution in [3.63, 3.8) is 0 Å². The lowest BCUT2D eigenvalue weighted by Gasteiger charge is -2.33. The SMILES string of the molecule is CCOc1cc2c(cc1\C(C)=C(F)/C=C/C(C)=C/C(=O)[O-])C(C(C)C)=CC(C)(C)O2. The molecule has 0 N–H and O–H groups in total. The zero-order chi connectivity index (χ0) is 22.6. The summed E-state index contributed by atoms with van der Waals surface area (Å²) >= 11 is 0. The van der Waals surface area contributed by atoms with E-state index in [9.17, 15) is 14.3 Å². The van der Waals surface area contributed by atoms with E-state index in [0.29, 0.717) is 29.1 Å². The van der Waals surface area contributed by atoms with Gasteiger partial charge in [-0.25, -0.2) is 4.39 Å². The lowest BCUT2D eigenvalue weighted by atomic mass is 9.86. The van der Waals surface area contributed by atoms with Crippen molar-refractivity contribution in [2.75, 3.05) is 6.61 Å². The van der Waals surface area contributed by atoms with Gasteiger partial charge in [-0.15, -0.1) is 0 Å². The van der Waals surface area contributed by atoms with Gasteiger partial charge in [0.05, 0.1) is 12.6 Å². The quantitative estimate of drug-likeness (QED) is 0.453. The molecule has 1 aliphatic heterocycles. The number of carbonyl (C=O) groups is 1. The minimum Gasteiger partial charge on any atom is -0.545 e. The van der Waals surface area contributed by atoms with E-state index in [0.717, 1.165) is 23.0 Å². The van der Waals surface area contributed by atoms with E-state index < -0.39 is 17.4 Å². The number of carbonyl (C=O) groups excluding carboxylic acids is 1. The molecule has 0 bridgehead atoms. The van der Waals surface area contributed by atoms with Crippen molar-refractivity contribution in [1.29, 1.82) is 0 Å². The van der Waals surface area contributed by atoms with E-state index in [-0.39, 0.29) is 5.92 Å². The average molecular weight is 414 g/mol. The molecule has 0 unspecified atom stereocenters. The first-order valence-electron chi connectivity index (χ1n) is 10.1. The molecule has 1 heterocycles. The van der Waals surface area contributed by atoms with Gasteiger partial charge in [-0.05, 0) is 81.6 Å². The second-order valence-electron chi connectivity index (χ2n) is 8.25. The highest BCUT2D eigenvalue weighted by Gasteiger charge is 2.29. The standard InChI is InChI=1S/C25H31FO4/c1-8-29-22-13-23-19(20(15(2)3)14-25(6,7)30-23)12-18(22)17(5)21(26)10-9-16(4)11-24(27)28/h9-15H,8H2,1-7H3,(H,27,28)/p-1/b10-9+,16-11+,21-17+. The number of ether oxygens (including phenoxy) is 2. The molecule has 0 aromatic heterocycles. The fourth-order valence-corrected chi connectivity index (χ4v) is 3.37. The normalized spacial score (nSPS) is 16.7. The Balaban J connectivity index is 2.61. The molecule has 0 amide bonds. The van der Waals surface area contributed by atoms with Crippen LogP contribution in [-0.4, -0.2) is 18.2 Å². The van der Waals surface area contributed by atoms with Crippen LogP contribution in [0.4, 0.5) is 4.39 Å². The highest BCUT2D eigenvalue weighted by Crippen LogP contribution is 2.44. The van der Waals surface area contributed by atoms with Gasteiger partial charge in [0.25, 0.3) is 0 Å². The van der Waals surface area contributed by atoms with Gasteiger partial charge >= 0.3 is 0 Å². The summed E-state index contributed by atoms with van der Waals surface area (Å²) in [5.74, 6) is -0.268. The van der Waals surface area contributed by atoms with Gasteiger partial charge in [0.2, 0.25) is 0 Å². The van der Waals surface area contributed by atoms with Gasteiger partial charge in [-0.3, -0.25) is 0 Å². The van der Waals surface area contributed by atoms with Crippen LogP contribution in [0.25, 0.3) is 11.1 Å². The number of halogens is 1. The maximum atomic E-state index is 14.9. The third-order valence-electron chi connectivity index (χ3n) is 4.79. The van der Waals surface area contributed by atoms with Gasteiger partial charge in [-0.2, -0.15) is 0 Å². The van der Waals surface area contributed by atoms with Gasteiger partial charge in [-0.1, -0.05) is 19.9 Å². The largest absolute Gasteiger partial charge is 0.545 e. The van der Waals surface area contributed by atoms with Crippen LogP contribution in [0.5, 0.6) is 11.5 Å². The van der Waals surface area contributed by atoms with Crippen LogP contribution >= 0.6 is 0 Å². The van der Waals surface area contributed by atoms with Crippen molar-refractivity contribution in [3.8, 4) is 11.5 Å². The topological polar surface area (TPSA) is 58.6 Å². The summed E-state index contributed by atoms with van der Waals surface area (Å²) in [6.07, 6.45) is 5.67. The summed E-state index contributed by atoms with van der Waals surface area (Å²) in [4.78, 5) is 10.6. The number of carboxylic acid groups (broad SMARTS) is 1. The molecular formula is C25H30FO4-. The van der Waals surface area contributed by atoms with Crippen LogP contribution in [0.15, 0.2) is 47.8 Å². The molecule has 5 heteroatoms. The smallest absolute Gasteiger partial charge is 0.131 e. The number of rotatable bonds is 7. The van der Waals surface area contributed by atoms with Gasteiger partial charge in [0.15, 0.2) is 0 Å². The van der Waals surface area contributed by atoms with E-state index in [4.69, 9.17) is 9.47 Å². The van der Waals surface area contributed by atoms with E-state index in [1.165, 1.54) is 12.2 Å². The summed E-state index contributed by atoms with van der Waals surface area (Å²) in [5.41, 5.74) is 3.03. The first-order valence-corrected chi connectivity index (χ1v) is 10.1. The average Bonchev–Trinajstić information content (AvgIpc) is 2.63. The predicted octanol–water partition coefficient (Wildman–Crippen LogP) is 5.25. The van der Waals surface area contributed by atoms with Crippen LogP contribution in [-0.2, 0) is 4.79 Å². The van der Waals surface area contributed by atoms with E-state index >= 15 is 0 Å². The Morgan fingerprint density at radius 1 is 1.27 bits per heavy atom. The minimum atomic E-state index is -1.32. The van der Waals surface area contributed by atoms with E-state index in [1.807, 2.05) is 32.9 Å².